The van der Waals surface area contributed by atoms with E-state index in [1.54, 1.807) is 5.32 Å². The Balaban J connectivity index is 4.71. The van der Waals surface area contributed by atoms with Crippen molar-refractivity contribution in [1.29, 1.82) is 0 Å². The van der Waals surface area contributed by atoms with E-state index in [2.05, 4.69) is 0 Å². The number of carbonyl (C=O) groups is 4. The van der Waals surface area contributed by atoms with Crippen LogP contribution in [0, 0.1) is 0 Å². The zero-order valence-electron chi connectivity index (χ0n) is 7.91. The molecule has 0 spiro atoms. The maximum atomic E-state index is 10.6. The summed E-state index contributed by atoms with van der Waals surface area (Å²) in [5.74, 6) is -6.08. The second kappa shape index (κ2) is 5.66. The number of hydrogen-bond donors (Lipinski definition) is 5. The van der Waals surface area contributed by atoms with Gasteiger partial charge < -0.3 is 21.1 Å². The Bertz CT molecular complexity index is 313. The predicted molar refractivity (Wildman–Crippen MR) is 47.4 cm³/mol. The van der Waals surface area contributed by atoms with Crippen molar-refractivity contribution in [3.8, 4) is 0 Å². The topological polar surface area (TPSA) is 167 Å². The summed E-state index contributed by atoms with van der Waals surface area (Å²) >= 11 is 0. The lowest BCUT2D eigenvalue weighted by atomic mass is 10.1. The minimum absolute atomic E-state index is 0.702. The van der Waals surface area contributed by atoms with Crippen LogP contribution in [-0.4, -0.2) is 51.2 Å². The van der Waals surface area contributed by atoms with E-state index >= 15 is 0 Å². The fraction of sp³-hybridized carbons (Fsp3) is 0.429. The van der Waals surface area contributed by atoms with Gasteiger partial charge in [0.25, 0.3) is 0 Å². The maximum absolute atomic E-state index is 10.6. The van der Waals surface area contributed by atoms with Gasteiger partial charge in [0.05, 0.1) is 6.42 Å². The zero-order chi connectivity index (χ0) is 12.9. The Morgan fingerprint density at radius 1 is 1.00 bits per heavy atom. The third-order valence-corrected chi connectivity index (χ3v) is 1.57. The number of hydrogen-bond acceptors (Lipinski definition) is 5. The summed E-state index contributed by atoms with van der Waals surface area (Å²) in [5.41, 5.74) is 4.72. The van der Waals surface area contributed by atoms with Gasteiger partial charge in [-0.2, -0.15) is 0 Å². The van der Waals surface area contributed by atoms with E-state index in [1.165, 1.54) is 0 Å². The molecule has 16 heavy (non-hydrogen) atoms. The van der Waals surface area contributed by atoms with Crippen molar-refractivity contribution in [3.05, 3.63) is 0 Å². The van der Waals surface area contributed by atoms with Crippen molar-refractivity contribution in [1.82, 2.24) is 5.32 Å². The molecule has 9 heteroatoms. The summed E-state index contributed by atoms with van der Waals surface area (Å²) in [5, 5.41) is 27.3. The summed E-state index contributed by atoms with van der Waals surface area (Å²) < 4.78 is 0. The van der Waals surface area contributed by atoms with Gasteiger partial charge in [0.1, 0.15) is 6.04 Å². The smallest absolute Gasteiger partial charge is 0.332 e. The molecule has 0 heterocycles. The normalized spacial score (nSPS) is 12.1. The van der Waals surface area contributed by atoms with E-state index in [1.807, 2.05) is 0 Å². The lowest BCUT2D eigenvalue weighted by Crippen LogP contribution is -2.52. The molecule has 0 fully saturated rings. The van der Waals surface area contributed by atoms with Gasteiger partial charge in [-0.3, -0.25) is 14.9 Å². The summed E-state index contributed by atoms with van der Waals surface area (Å²) in [6.45, 7) is 0. The quantitative estimate of drug-likeness (QED) is 0.300. The SMILES string of the molecule is NC(=O)C[C@H](NC(C(=O)O)C(=O)O)C(=O)O. The number of rotatable bonds is 7. The Hall–Kier alpha value is -2.16. The largest absolute Gasteiger partial charge is 0.480 e. The van der Waals surface area contributed by atoms with E-state index in [0.29, 0.717) is 0 Å². The molecule has 0 radical (unpaired) electrons. The number of aliphatic carboxylic acids is 3. The number of carboxylic acid groups (broad SMARTS) is 3. The van der Waals surface area contributed by atoms with Crippen molar-refractivity contribution < 1.29 is 34.5 Å². The van der Waals surface area contributed by atoms with Crippen molar-refractivity contribution >= 4 is 23.8 Å². The highest BCUT2D eigenvalue weighted by Gasteiger charge is 2.32. The molecule has 0 saturated heterocycles. The molecule has 9 nitrogen and oxygen atoms in total. The fourth-order valence-electron chi connectivity index (χ4n) is 0.868. The number of amides is 1. The Labute approximate surface area is 88.8 Å². The van der Waals surface area contributed by atoms with Crippen molar-refractivity contribution in [2.24, 2.45) is 5.73 Å². The van der Waals surface area contributed by atoms with Crippen molar-refractivity contribution in [2.45, 2.75) is 18.5 Å². The second-order valence-electron chi connectivity index (χ2n) is 2.84. The van der Waals surface area contributed by atoms with E-state index in [4.69, 9.17) is 21.1 Å². The molecule has 0 unspecified atom stereocenters. The standard InChI is InChI=1S/C7H10N2O7/c8-3(10)1-2(5(11)12)9-4(6(13)14)7(15)16/h2,4,9H,1H2,(H2,8,10)(H,11,12)(H,13,14)(H,15,16)/t2-/m0/s1. The Kier molecular flexibility index (Phi) is 4.89. The lowest BCUT2D eigenvalue weighted by Gasteiger charge is -2.15. The molecule has 0 saturated carbocycles. The first-order valence-corrected chi connectivity index (χ1v) is 3.98. The molecule has 0 bridgehead atoms. The third kappa shape index (κ3) is 4.37. The average Bonchev–Trinajstić information content (AvgIpc) is 2.09. The first kappa shape index (κ1) is 13.8. The van der Waals surface area contributed by atoms with Crippen LogP contribution in [0.15, 0.2) is 0 Å². The van der Waals surface area contributed by atoms with Crippen LogP contribution in [0.5, 0.6) is 0 Å². The number of nitrogens with two attached hydrogens (primary N) is 1. The van der Waals surface area contributed by atoms with E-state index in [0.717, 1.165) is 0 Å². The third-order valence-electron chi connectivity index (χ3n) is 1.57. The molecular weight excluding hydrogens is 224 g/mol. The minimum Gasteiger partial charge on any atom is -0.480 e. The molecule has 0 aromatic carbocycles. The summed E-state index contributed by atoms with van der Waals surface area (Å²) in [7, 11) is 0. The van der Waals surface area contributed by atoms with Crippen LogP contribution in [0.2, 0.25) is 0 Å². The van der Waals surface area contributed by atoms with Crippen LogP contribution < -0.4 is 11.1 Å². The average molecular weight is 234 g/mol. The number of primary amides is 1. The van der Waals surface area contributed by atoms with Crippen LogP contribution in [0.25, 0.3) is 0 Å². The highest BCUT2D eigenvalue weighted by molar-refractivity contribution is 5.98. The molecule has 6 N–H and O–H groups in total. The van der Waals surface area contributed by atoms with Gasteiger partial charge in [-0.1, -0.05) is 0 Å². The second-order valence-corrected chi connectivity index (χ2v) is 2.84. The Morgan fingerprint density at radius 3 is 1.69 bits per heavy atom. The molecular formula is C7H10N2O7. The van der Waals surface area contributed by atoms with Crippen LogP contribution in [0.1, 0.15) is 6.42 Å². The monoisotopic (exact) mass is 234 g/mol. The maximum Gasteiger partial charge on any atom is 0.332 e. The van der Waals surface area contributed by atoms with Crippen molar-refractivity contribution in [2.75, 3.05) is 0 Å². The van der Waals surface area contributed by atoms with Gasteiger partial charge in [0, 0.05) is 0 Å². The van der Waals surface area contributed by atoms with Gasteiger partial charge in [-0.05, 0) is 0 Å². The highest BCUT2D eigenvalue weighted by Crippen LogP contribution is 1.96. The van der Waals surface area contributed by atoms with Crippen LogP contribution in [0.4, 0.5) is 0 Å². The first-order valence-electron chi connectivity index (χ1n) is 3.98. The summed E-state index contributed by atoms with van der Waals surface area (Å²) in [4.78, 5) is 41.9. The minimum atomic E-state index is -2.11. The predicted octanol–water partition coefficient (Wildman–Crippen LogP) is -2.56. The molecule has 0 aromatic rings. The number of nitrogens with one attached hydrogen (secondary N) is 1. The number of carboxylic acids is 3. The van der Waals surface area contributed by atoms with Crippen LogP contribution in [0.3, 0.4) is 0 Å². The lowest BCUT2D eigenvalue weighted by molar-refractivity contribution is -0.152. The van der Waals surface area contributed by atoms with Gasteiger partial charge in [-0.25, -0.2) is 9.59 Å². The Morgan fingerprint density at radius 2 is 1.44 bits per heavy atom. The van der Waals surface area contributed by atoms with E-state index < -0.39 is 42.3 Å². The van der Waals surface area contributed by atoms with Gasteiger partial charge >= 0.3 is 17.9 Å². The molecule has 0 aromatic heterocycles. The molecule has 90 valence electrons. The fourth-order valence-corrected chi connectivity index (χ4v) is 0.868. The van der Waals surface area contributed by atoms with Gasteiger partial charge in [-0.15, -0.1) is 0 Å². The molecule has 0 aliphatic heterocycles. The van der Waals surface area contributed by atoms with Crippen LogP contribution >= 0.6 is 0 Å². The molecule has 1 atom stereocenters. The van der Waals surface area contributed by atoms with Gasteiger partial charge in [0.2, 0.25) is 11.9 Å². The summed E-state index contributed by atoms with van der Waals surface area (Å²) in [6, 6.07) is -3.77. The molecule has 0 aliphatic carbocycles. The van der Waals surface area contributed by atoms with E-state index in [-0.39, 0.29) is 0 Å². The zero-order valence-corrected chi connectivity index (χ0v) is 7.91. The molecule has 1 amide bonds. The van der Waals surface area contributed by atoms with Crippen molar-refractivity contribution in [3.63, 3.8) is 0 Å². The molecule has 0 aliphatic rings. The van der Waals surface area contributed by atoms with Crippen LogP contribution in [-0.2, 0) is 19.2 Å². The molecule has 0 rings (SSSR count). The van der Waals surface area contributed by atoms with E-state index in [9.17, 15) is 19.2 Å². The summed E-state index contributed by atoms with van der Waals surface area (Å²) in [6.07, 6.45) is -0.702. The van der Waals surface area contributed by atoms with Gasteiger partial charge in [0.15, 0.2) is 0 Å². The number of carbonyl (C=O) groups excluding carboxylic acids is 1. The highest BCUT2D eigenvalue weighted by atomic mass is 16.4. The first-order chi connectivity index (χ1) is 7.25.